The minimum atomic E-state index is -0.198. The Morgan fingerprint density at radius 3 is 3.00 bits per heavy atom. The number of nitrogens with zero attached hydrogens (tertiary/aromatic N) is 2. The molecule has 20 heavy (non-hydrogen) atoms. The van der Waals surface area contributed by atoms with Crippen molar-refractivity contribution in [2.45, 2.75) is 13.5 Å². The molecule has 0 atom stereocenters. The fourth-order valence-electron chi connectivity index (χ4n) is 1.62. The summed E-state index contributed by atoms with van der Waals surface area (Å²) in [7, 11) is 0. The number of nitrogens with two attached hydrogens (primary N) is 1. The Labute approximate surface area is 116 Å². The number of aromatic nitrogens is 2. The van der Waals surface area contributed by atoms with Crippen LogP contribution in [0.25, 0.3) is 0 Å². The summed E-state index contributed by atoms with van der Waals surface area (Å²) in [6.07, 6.45) is 1.22. The van der Waals surface area contributed by atoms with Crippen molar-refractivity contribution in [1.82, 2.24) is 15.5 Å². The Morgan fingerprint density at radius 2 is 2.35 bits per heavy atom. The molecule has 1 amide bonds. The average Bonchev–Trinajstić information content (AvgIpc) is 2.96. The van der Waals surface area contributed by atoms with Crippen LogP contribution in [0.5, 0.6) is 0 Å². The molecule has 1 aromatic heterocycles. The summed E-state index contributed by atoms with van der Waals surface area (Å²) >= 11 is 0. The van der Waals surface area contributed by atoms with Crippen molar-refractivity contribution in [2.24, 2.45) is 5.73 Å². The number of aryl methyl sites for hydroxylation is 1. The van der Waals surface area contributed by atoms with Crippen LogP contribution in [0.4, 0.5) is 0 Å². The Balaban J connectivity index is 2.05. The van der Waals surface area contributed by atoms with E-state index >= 15 is 0 Å². The lowest BCUT2D eigenvalue weighted by molar-refractivity contribution is 0.0949. The van der Waals surface area contributed by atoms with Gasteiger partial charge in [-0.15, -0.1) is 0 Å². The summed E-state index contributed by atoms with van der Waals surface area (Å²) in [5.74, 6) is 5.98. The van der Waals surface area contributed by atoms with Crippen LogP contribution < -0.4 is 11.1 Å². The van der Waals surface area contributed by atoms with Crippen molar-refractivity contribution in [3.8, 4) is 11.8 Å². The minimum absolute atomic E-state index is 0.198. The van der Waals surface area contributed by atoms with Crippen molar-refractivity contribution < 1.29 is 9.32 Å². The van der Waals surface area contributed by atoms with Gasteiger partial charge in [0, 0.05) is 11.1 Å². The Kier molecular flexibility index (Phi) is 4.47. The standard InChI is InChI=1S/C14H14N4O2/c1-10-7-12(5-4-11(10)3-2-6-15)14(19)16-8-13-17-9-20-18-13/h4-5,7,9H,6,8,15H2,1H3,(H,16,19). The lowest BCUT2D eigenvalue weighted by atomic mass is 10.0. The maximum atomic E-state index is 12.0. The van der Waals surface area contributed by atoms with Gasteiger partial charge in [0.25, 0.3) is 5.91 Å². The zero-order chi connectivity index (χ0) is 14.4. The van der Waals surface area contributed by atoms with Gasteiger partial charge in [0.05, 0.1) is 13.1 Å². The van der Waals surface area contributed by atoms with Gasteiger partial charge >= 0.3 is 0 Å². The van der Waals surface area contributed by atoms with E-state index in [1.54, 1.807) is 18.2 Å². The maximum Gasteiger partial charge on any atom is 0.251 e. The molecule has 1 aromatic carbocycles. The second-order valence-corrected chi connectivity index (χ2v) is 4.07. The molecule has 0 aliphatic heterocycles. The van der Waals surface area contributed by atoms with Crippen LogP contribution in [0.2, 0.25) is 0 Å². The van der Waals surface area contributed by atoms with E-state index in [0.717, 1.165) is 11.1 Å². The SMILES string of the molecule is Cc1cc(C(=O)NCc2ncon2)ccc1C#CCN. The molecular weight excluding hydrogens is 256 g/mol. The molecule has 6 heteroatoms. The van der Waals surface area contributed by atoms with Crippen LogP contribution in [0.1, 0.15) is 27.3 Å². The quantitative estimate of drug-likeness (QED) is 0.797. The molecule has 0 fully saturated rings. The van der Waals surface area contributed by atoms with E-state index in [9.17, 15) is 4.79 Å². The van der Waals surface area contributed by atoms with Crippen LogP contribution in [0.15, 0.2) is 29.1 Å². The van der Waals surface area contributed by atoms with Gasteiger partial charge in [-0.25, -0.2) is 0 Å². The molecule has 3 N–H and O–H groups in total. The first-order valence-electron chi connectivity index (χ1n) is 6.03. The van der Waals surface area contributed by atoms with Gasteiger partial charge in [-0.05, 0) is 30.7 Å². The van der Waals surface area contributed by atoms with Gasteiger partial charge in [0.2, 0.25) is 6.39 Å². The molecular formula is C14H14N4O2. The summed E-state index contributed by atoms with van der Waals surface area (Å²) in [5.41, 5.74) is 7.69. The third kappa shape index (κ3) is 3.43. The monoisotopic (exact) mass is 270 g/mol. The third-order valence-electron chi connectivity index (χ3n) is 2.63. The number of carbonyl (C=O) groups is 1. The molecule has 0 bridgehead atoms. The van der Waals surface area contributed by atoms with Crippen molar-refractivity contribution in [3.63, 3.8) is 0 Å². The van der Waals surface area contributed by atoms with Crippen molar-refractivity contribution in [2.75, 3.05) is 6.54 Å². The summed E-state index contributed by atoms with van der Waals surface area (Å²) < 4.78 is 4.59. The predicted octanol–water partition coefficient (Wildman–Crippen LogP) is 0.618. The molecule has 0 spiro atoms. The predicted molar refractivity (Wildman–Crippen MR) is 72.6 cm³/mol. The first kappa shape index (κ1) is 13.8. The highest BCUT2D eigenvalue weighted by atomic mass is 16.5. The third-order valence-corrected chi connectivity index (χ3v) is 2.63. The van der Waals surface area contributed by atoms with Gasteiger partial charge < -0.3 is 15.6 Å². The van der Waals surface area contributed by atoms with Crippen molar-refractivity contribution in [1.29, 1.82) is 0 Å². The molecule has 0 radical (unpaired) electrons. The smallest absolute Gasteiger partial charge is 0.251 e. The van der Waals surface area contributed by atoms with E-state index in [0.29, 0.717) is 17.9 Å². The normalized spacial score (nSPS) is 9.70. The van der Waals surface area contributed by atoms with E-state index in [4.69, 9.17) is 5.73 Å². The minimum Gasteiger partial charge on any atom is -0.345 e. The van der Waals surface area contributed by atoms with E-state index in [2.05, 4.69) is 31.8 Å². The zero-order valence-corrected chi connectivity index (χ0v) is 11.0. The summed E-state index contributed by atoms with van der Waals surface area (Å²) in [6, 6.07) is 5.31. The highest BCUT2D eigenvalue weighted by Crippen LogP contribution is 2.10. The molecule has 2 rings (SSSR count). The number of carbonyl (C=O) groups excluding carboxylic acids is 1. The number of benzene rings is 1. The van der Waals surface area contributed by atoms with Gasteiger partial charge in [0.15, 0.2) is 5.82 Å². The second-order valence-electron chi connectivity index (χ2n) is 4.07. The fraction of sp³-hybridized carbons (Fsp3) is 0.214. The highest BCUT2D eigenvalue weighted by molar-refractivity contribution is 5.94. The van der Waals surface area contributed by atoms with Crippen LogP contribution >= 0.6 is 0 Å². The van der Waals surface area contributed by atoms with Gasteiger partial charge in [-0.1, -0.05) is 17.0 Å². The van der Waals surface area contributed by atoms with Gasteiger partial charge in [-0.2, -0.15) is 4.98 Å². The van der Waals surface area contributed by atoms with E-state index in [1.165, 1.54) is 6.39 Å². The van der Waals surface area contributed by atoms with Gasteiger partial charge in [0.1, 0.15) is 0 Å². The molecule has 0 aliphatic rings. The highest BCUT2D eigenvalue weighted by Gasteiger charge is 2.08. The molecule has 6 nitrogen and oxygen atoms in total. The first-order valence-corrected chi connectivity index (χ1v) is 6.03. The molecule has 0 saturated heterocycles. The average molecular weight is 270 g/mol. The van der Waals surface area contributed by atoms with Crippen LogP contribution in [-0.4, -0.2) is 22.6 Å². The lowest BCUT2D eigenvalue weighted by Gasteiger charge is -2.05. The number of amides is 1. The van der Waals surface area contributed by atoms with Crippen LogP contribution in [0.3, 0.4) is 0 Å². The molecule has 2 aromatic rings. The summed E-state index contributed by atoms with van der Waals surface area (Å²) in [6.45, 7) is 2.44. The van der Waals surface area contributed by atoms with Crippen molar-refractivity contribution >= 4 is 5.91 Å². The Morgan fingerprint density at radius 1 is 1.50 bits per heavy atom. The van der Waals surface area contributed by atoms with E-state index < -0.39 is 0 Å². The second kappa shape index (κ2) is 6.50. The Bertz CT molecular complexity index is 654. The van der Waals surface area contributed by atoms with Gasteiger partial charge in [-0.3, -0.25) is 4.79 Å². The molecule has 0 unspecified atom stereocenters. The molecule has 0 aliphatic carbocycles. The number of nitrogens with one attached hydrogen (secondary N) is 1. The number of hydrogen-bond donors (Lipinski definition) is 2. The summed E-state index contributed by atoms with van der Waals surface area (Å²) in [5, 5.41) is 6.33. The zero-order valence-electron chi connectivity index (χ0n) is 11.0. The Hall–Kier alpha value is -2.65. The molecule has 1 heterocycles. The van der Waals surface area contributed by atoms with Crippen LogP contribution in [0, 0.1) is 18.8 Å². The van der Waals surface area contributed by atoms with E-state index in [1.807, 2.05) is 6.92 Å². The molecule has 0 saturated carbocycles. The lowest BCUT2D eigenvalue weighted by Crippen LogP contribution is -2.23. The van der Waals surface area contributed by atoms with E-state index in [-0.39, 0.29) is 12.5 Å². The largest absolute Gasteiger partial charge is 0.345 e. The van der Waals surface area contributed by atoms with Crippen molar-refractivity contribution in [3.05, 3.63) is 47.1 Å². The maximum absolute atomic E-state index is 12.0. The molecule has 102 valence electrons. The topological polar surface area (TPSA) is 94.0 Å². The number of hydrogen-bond acceptors (Lipinski definition) is 5. The number of rotatable bonds is 3. The van der Waals surface area contributed by atoms with Crippen LogP contribution in [-0.2, 0) is 6.54 Å². The fourth-order valence-corrected chi connectivity index (χ4v) is 1.62. The first-order chi connectivity index (χ1) is 9.70. The summed E-state index contributed by atoms with van der Waals surface area (Å²) in [4.78, 5) is 15.8.